The summed E-state index contributed by atoms with van der Waals surface area (Å²) >= 11 is 0. The molecule has 0 amide bonds. The number of fused-ring (bicyclic) bond motifs is 1. The minimum absolute atomic E-state index is 0.0101. The van der Waals surface area contributed by atoms with Crippen molar-refractivity contribution >= 4 is 16.9 Å². The predicted molar refractivity (Wildman–Crippen MR) is 63.6 cm³/mol. The van der Waals surface area contributed by atoms with Gasteiger partial charge in [0.25, 0.3) is 0 Å². The van der Waals surface area contributed by atoms with Crippen molar-refractivity contribution < 1.29 is 23.1 Å². The highest BCUT2D eigenvalue weighted by atomic mass is 19.2. The number of alkyl halides is 1. The Balaban J connectivity index is 2.41. The molecular formula is C13H8F3NO3. The van der Waals surface area contributed by atoms with E-state index in [1.54, 1.807) is 0 Å². The van der Waals surface area contributed by atoms with E-state index in [2.05, 4.69) is 0 Å². The number of carbonyl (C=O) groups is 1. The van der Waals surface area contributed by atoms with Gasteiger partial charge in [-0.3, -0.25) is 4.79 Å². The van der Waals surface area contributed by atoms with Crippen LogP contribution in [0.25, 0.3) is 10.9 Å². The Hall–Kier alpha value is -2.31. The van der Waals surface area contributed by atoms with Crippen LogP contribution in [0.15, 0.2) is 23.1 Å². The summed E-state index contributed by atoms with van der Waals surface area (Å²) < 4.78 is 40.9. The van der Waals surface area contributed by atoms with E-state index in [-0.39, 0.29) is 17.3 Å². The molecule has 1 aliphatic rings. The van der Waals surface area contributed by atoms with Crippen molar-refractivity contribution in [3.05, 3.63) is 45.8 Å². The summed E-state index contributed by atoms with van der Waals surface area (Å²) in [6.07, 6.45) is -0.0552. The van der Waals surface area contributed by atoms with Crippen LogP contribution in [0.1, 0.15) is 22.8 Å². The predicted octanol–water partition coefficient (Wildman–Crippen LogP) is 2.26. The number of carboxylic acid groups (broad SMARTS) is 1. The molecule has 1 fully saturated rings. The Labute approximate surface area is 110 Å². The first kappa shape index (κ1) is 12.7. The normalized spacial score (nSPS) is 21.1. The zero-order chi connectivity index (χ0) is 14.6. The van der Waals surface area contributed by atoms with Crippen molar-refractivity contribution in [1.29, 1.82) is 0 Å². The van der Waals surface area contributed by atoms with Crippen LogP contribution >= 0.6 is 0 Å². The van der Waals surface area contributed by atoms with Crippen molar-refractivity contribution in [2.24, 2.45) is 0 Å². The maximum atomic E-state index is 13.3. The number of aromatic carboxylic acids is 1. The van der Waals surface area contributed by atoms with Crippen molar-refractivity contribution in [3.8, 4) is 0 Å². The number of halogens is 3. The third-order valence-corrected chi connectivity index (χ3v) is 3.34. The molecule has 2 aromatic rings. The summed E-state index contributed by atoms with van der Waals surface area (Å²) in [7, 11) is 0. The molecule has 0 spiro atoms. The smallest absolute Gasteiger partial charge is 0.341 e. The van der Waals surface area contributed by atoms with Crippen LogP contribution in [0.3, 0.4) is 0 Å². The second-order valence-electron chi connectivity index (χ2n) is 4.69. The number of hydrogen-bond acceptors (Lipinski definition) is 2. The number of hydrogen-bond donors (Lipinski definition) is 1. The maximum Gasteiger partial charge on any atom is 0.341 e. The van der Waals surface area contributed by atoms with Crippen LogP contribution in [0, 0.1) is 11.6 Å². The Morgan fingerprint density at radius 3 is 2.45 bits per heavy atom. The Morgan fingerprint density at radius 1 is 1.30 bits per heavy atom. The number of carboxylic acids is 1. The maximum absolute atomic E-state index is 13.3. The molecule has 20 heavy (non-hydrogen) atoms. The van der Waals surface area contributed by atoms with E-state index in [9.17, 15) is 22.8 Å². The number of nitrogens with zero attached hydrogens (tertiary/aromatic N) is 1. The molecule has 2 unspecified atom stereocenters. The van der Waals surface area contributed by atoms with Gasteiger partial charge in [-0.25, -0.2) is 18.0 Å². The minimum Gasteiger partial charge on any atom is -0.477 e. The van der Waals surface area contributed by atoms with Crippen molar-refractivity contribution in [1.82, 2.24) is 4.57 Å². The molecule has 1 N–H and O–H groups in total. The lowest BCUT2D eigenvalue weighted by molar-refractivity contribution is 0.0694. The van der Waals surface area contributed by atoms with Gasteiger partial charge in [0, 0.05) is 24.1 Å². The van der Waals surface area contributed by atoms with Crippen molar-refractivity contribution in [3.63, 3.8) is 0 Å². The third kappa shape index (κ3) is 1.77. The molecule has 2 atom stereocenters. The van der Waals surface area contributed by atoms with Crippen LogP contribution < -0.4 is 5.43 Å². The van der Waals surface area contributed by atoms with Gasteiger partial charge in [-0.1, -0.05) is 0 Å². The molecule has 4 nitrogen and oxygen atoms in total. The highest BCUT2D eigenvalue weighted by molar-refractivity contribution is 5.92. The molecule has 0 radical (unpaired) electrons. The average molecular weight is 283 g/mol. The summed E-state index contributed by atoms with van der Waals surface area (Å²) in [6.45, 7) is 0. The van der Waals surface area contributed by atoms with Crippen molar-refractivity contribution in [2.45, 2.75) is 18.6 Å². The van der Waals surface area contributed by atoms with Gasteiger partial charge in [0.2, 0.25) is 5.43 Å². The highest BCUT2D eigenvalue weighted by Crippen LogP contribution is 2.40. The van der Waals surface area contributed by atoms with E-state index >= 15 is 0 Å². The average Bonchev–Trinajstić information content (AvgIpc) is 3.09. The number of benzene rings is 1. The zero-order valence-electron chi connectivity index (χ0n) is 9.94. The van der Waals surface area contributed by atoms with Gasteiger partial charge in [0.05, 0.1) is 11.6 Å². The van der Waals surface area contributed by atoms with E-state index in [0.29, 0.717) is 6.07 Å². The lowest BCUT2D eigenvalue weighted by Gasteiger charge is -2.11. The molecule has 0 aliphatic heterocycles. The molecule has 3 rings (SSSR count). The molecule has 0 bridgehead atoms. The van der Waals surface area contributed by atoms with Crippen LogP contribution in [0.2, 0.25) is 0 Å². The molecule has 104 valence electrons. The zero-order valence-corrected chi connectivity index (χ0v) is 9.94. The molecule has 1 heterocycles. The van der Waals surface area contributed by atoms with E-state index in [1.165, 1.54) is 4.57 Å². The first-order chi connectivity index (χ1) is 9.40. The lowest BCUT2D eigenvalue weighted by atomic mass is 10.1. The SMILES string of the molecule is O=C(O)c1cn(C2CC2F)c2cc(F)c(F)cc2c1=O. The minimum atomic E-state index is -1.49. The monoisotopic (exact) mass is 283 g/mol. The summed E-state index contributed by atoms with van der Waals surface area (Å²) in [5, 5.41) is 8.69. The van der Waals surface area contributed by atoms with E-state index in [0.717, 1.165) is 12.3 Å². The highest BCUT2D eigenvalue weighted by Gasteiger charge is 2.40. The van der Waals surface area contributed by atoms with Gasteiger partial charge in [0.1, 0.15) is 11.7 Å². The summed E-state index contributed by atoms with van der Waals surface area (Å²) in [6, 6.07) is 0.773. The van der Waals surface area contributed by atoms with Crippen LogP contribution in [0.5, 0.6) is 0 Å². The standard InChI is InChI=1S/C13H8F3NO3/c14-7-1-5-10(2-8(7)15)17(11-3-9(11)16)4-6(12(5)18)13(19)20/h1-2,4,9,11H,3H2,(H,19,20). The van der Waals surface area contributed by atoms with Crippen LogP contribution in [-0.2, 0) is 0 Å². The second-order valence-corrected chi connectivity index (χ2v) is 4.69. The number of aromatic nitrogens is 1. The lowest BCUT2D eigenvalue weighted by Crippen LogP contribution is -2.19. The van der Waals surface area contributed by atoms with Crippen molar-refractivity contribution in [2.75, 3.05) is 0 Å². The summed E-state index contributed by atoms with van der Waals surface area (Å²) in [4.78, 5) is 23.0. The van der Waals surface area contributed by atoms with E-state index in [4.69, 9.17) is 5.11 Å². The van der Waals surface area contributed by atoms with Gasteiger partial charge in [-0.15, -0.1) is 0 Å². The number of pyridine rings is 1. The summed E-state index contributed by atoms with van der Waals surface area (Å²) in [5.74, 6) is -3.92. The first-order valence-electron chi connectivity index (χ1n) is 5.81. The van der Waals surface area contributed by atoms with Gasteiger partial charge in [0.15, 0.2) is 11.6 Å². The molecule has 1 aromatic heterocycles. The van der Waals surface area contributed by atoms with Gasteiger partial charge < -0.3 is 9.67 Å². The molecule has 0 saturated heterocycles. The van der Waals surface area contributed by atoms with E-state index < -0.39 is 40.8 Å². The summed E-state index contributed by atoms with van der Waals surface area (Å²) in [5.41, 5.74) is -1.52. The van der Waals surface area contributed by atoms with E-state index in [1.807, 2.05) is 0 Å². The largest absolute Gasteiger partial charge is 0.477 e. The quantitative estimate of drug-likeness (QED) is 0.919. The van der Waals surface area contributed by atoms with Gasteiger partial charge in [-0.2, -0.15) is 0 Å². The molecular weight excluding hydrogens is 275 g/mol. The molecule has 1 saturated carbocycles. The molecule has 1 aliphatic carbocycles. The van der Waals surface area contributed by atoms with Crippen LogP contribution in [-0.4, -0.2) is 21.8 Å². The second kappa shape index (κ2) is 4.09. The first-order valence-corrected chi connectivity index (χ1v) is 5.81. The fourth-order valence-electron chi connectivity index (χ4n) is 2.21. The number of rotatable bonds is 2. The Kier molecular flexibility index (Phi) is 2.60. The van der Waals surface area contributed by atoms with Gasteiger partial charge >= 0.3 is 5.97 Å². The fraction of sp³-hybridized carbons (Fsp3) is 0.231. The Bertz CT molecular complexity index is 800. The van der Waals surface area contributed by atoms with Crippen LogP contribution in [0.4, 0.5) is 13.2 Å². The fourth-order valence-corrected chi connectivity index (χ4v) is 2.21. The molecule has 7 heteroatoms. The molecule has 1 aromatic carbocycles. The Morgan fingerprint density at radius 2 is 1.90 bits per heavy atom. The third-order valence-electron chi connectivity index (χ3n) is 3.34. The van der Waals surface area contributed by atoms with Gasteiger partial charge in [-0.05, 0) is 6.07 Å². The topological polar surface area (TPSA) is 59.3 Å².